The van der Waals surface area contributed by atoms with Gasteiger partial charge in [-0.25, -0.2) is 15.0 Å². The standard InChI is InChI=1S/C31H27N5/c1-20-10-12-22-23-13-11-21(19-25(23)31(24(22)18-20)14-4-5-15-31)28-34-29(26-8-2-6-16-32-26)36-30(35-28)27-9-3-7-17-33-27/h2-3,6-13,16-17,19-20H,4-5,14-15,18H2,1H3. The third-order valence-corrected chi connectivity index (χ3v) is 7.98. The Kier molecular flexibility index (Phi) is 4.91. The summed E-state index contributed by atoms with van der Waals surface area (Å²) < 4.78 is 0. The van der Waals surface area contributed by atoms with E-state index < -0.39 is 0 Å². The lowest BCUT2D eigenvalue weighted by Gasteiger charge is -2.31. The molecular weight excluding hydrogens is 442 g/mol. The largest absolute Gasteiger partial charge is 0.253 e. The molecule has 0 aliphatic heterocycles. The highest BCUT2D eigenvalue weighted by atomic mass is 15.1. The molecule has 0 N–H and O–H groups in total. The summed E-state index contributed by atoms with van der Waals surface area (Å²) in [6.07, 6.45) is 14.5. The molecule has 0 amide bonds. The van der Waals surface area contributed by atoms with E-state index in [1.807, 2.05) is 36.4 Å². The maximum atomic E-state index is 4.90. The fraction of sp³-hybridized carbons (Fsp3) is 0.258. The molecule has 4 aromatic rings. The van der Waals surface area contributed by atoms with Crippen molar-refractivity contribution in [3.63, 3.8) is 0 Å². The third kappa shape index (κ3) is 3.34. The summed E-state index contributed by atoms with van der Waals surface area (Å²) in [5.41, 5.74) is 8.60. The Bertz CT molecular complexity index is 1460. The minimum atomic E-state index is 0.167. The molecule has 5 nitrogen and oxygen atoms in total. The monoisotopic (exact) mass is 469 g/mol. The summed E-state index contributed by atoms with van der Waals surface area (Å²) in [6, 6.07) is 18.4. The Morgan fingerprint density at radius 3 is 2.08 bits per heavy atom. The first kappa shape index (κ1) is 21.3. The zero-order chi connectivity index (χ0) is 24.1. The third-order valence-electron chi connectivity index (χ3n) is 7.98. The minimum absolute atomic E-state index is 0.167. The van der Waals surface area contributed by atoms with Crippen LogP contribution >= 0.6 is 0 Å². The quantitative estimate of drug-likeness (QED) is 0.329. The van der Waals surface area contributed by atoms with E-state index in [0.29, 0.717) is 23.4 Å². The molecule has 1 unspecified atom stereocenters. The summed E-state index contributed by atoms with van der Waals surface area (Å²) in [7, 11) is 0. The van der Waals surface area contributed by atoms with Gasteiger partial charge in [0.2, 0.25) is 0 Å². The summed E-state index contributed by atoms with van der Waals surface area (Å²) in [4.78, 5) is 23.6. The van der Waals surface area contributed by atoms with Gasteiger partial charge in [-0.05, 0) is 72.2 Å². The van der Waals surface area contributed by atoms with Crippen LogP contribution < -0.4 is 0 Å². The number of allylic oxidation sites excluding steroid dienone is 4. The van der Waals surface area contributed by atoms with Crippen molar-refractivity contribution >= 4 is 5.57 Å². The molecule has 176 valence electrons. The molecule has 0 bridgehead atoms. The predicted octanol–water partition coefficient (Wildman–Crippen LogP) is 6.84. The van der Waals surface area contributed by atoms with Crippen molar-refractivity contribution in [2.45, 2.75) is 44.4 Å². The highest BCUT2D eigenvalue weighted by Gasteiger charge is 2.47. The van der Waals surface area contributed by atoms with Crippen LogP contribution in [0.3, 0.4) is 0 Å². The van der Waals surface area contributed by atoms with Gasteiger partial charge in [-0.1, -0.05) is 61.8 Å². The molecular formula is C31H27N5. The highest BCUT2D eigenvalue weighted by molar-refractivity contribution is 5.88. The Morgan fingerprint density at radius 2 is 1.44 bits per heavy atom. The van der Waals surface area contributed by atoms with E-state index >= 15 is 0 Å². The Hall–Kier alpha value is -3.99. The van der Waals surface area contributed by atoms with Gasteiger partial charge in [-0.2, -0.15) is 0 Å². The van der Waals surface area contributed by atoms with E-state index in [1.165, 1.54) is 42.4 Å². The molecule has 1 saturated carbocycles. The topological polar surface area (TPSA) is 64.5 Å². The van der Waals surface area contributed by atoms with E-state index in [1.54, 1.807) is 18.0 Å². The molecule has 0 radical (unpaired) electrons. The fourth-order valence-corrected chi connectivity index (χ4v) is 6.32. The van der Waals surface area contributed by atoms with Crippen molar-refractivity contribution in [3.05, 3.63) is 95.8 Å². The molecule has 7 rings (SSSR count). The van der Waals surface area contributed by atoms with Gasteiger partial charge in [0.1, 0.15) is 11.4 Å². The fourth-order valence-electron chi connectivity index (χ4n) is 6.32. The van der Waals surface area contributed by atoms with Gasteiger partial charge in [-0.3, -0.25) is 9.97 Å². The number of hydrogen-bond acceptors (Lipinski definition) is 5. The molecule has 1 fully saturated rings. The van der Waals surface area contributed by atoms with Crippen molar-refractivity contribution in [2.24, 2.45) is 5.92 Å². The van der Waals surface area contributed by atoms with E-state index in [4.69, 9.17) is 15.0 Å². The summed E-state index contributed by atoms with van der Waals surface area (Å²) in [5, 5.41) is 0. The van der Waals surface area contributed by atoms with Crippen molar-refractivity contribution in [3.8, 4) is 34.4 Å². The van der Waals surface area contributed by atoms with Gasteiger partial charge in [0.05, 0.1) is 0 Å². The van der Waals surface area contributed by atoms with E-state index in [9.17, 15) is 0 Å². The van der Waals surface area contributed by atoms with Gasteiger partial charge >= 0.3 is 0 Å². The maximum Gasteiger partial charge on any atom is 0.182 e. The Labute approximate surface area is 211 Å². The summed E-state index contributed by atoms with van der Waals surface area (Å²) >= 11 is 0. The Balaban J connectivity index is 1.40. The van der Waals surface area contributed by atoms with Crippen LogP contribution in [0.5, 0.6) is 0 Å². The van der Waals surface area contributed by atoms with Crippen LogP contribution in [0.1, 0.15) is 50.2 Å². The maximum absolute atomic E-state index is 4.90. The number of fused-ring (bicyclic) bond motifs is 4. The predicted molar refractivity (Wildman–Crippen MR) is 142 cm³/mol. The number of aromatic nitrogens is 5. The van der Waals surface area contributed by atoms with Crippen LogP contribution in [0.2, 0.25) is 0 Å². The van der Waals surface area contributed by atoms with Crippen LogP contribution in [-0.2, 0) is 5.41 Å². The second kappa shape index (κ2) is 8.30. The van der Waals surface area contributed by atoms with E-state index in [-0.39, 0.29) is 5.41 Å². The van der Waals surface area contributed by atoms with Gasteiger partial charge in [-0.15, -0.1) is 0 Å². The average molecular weight is 470 g/mol. The Morgan fingerprint density at radius 1 is 0.778 bits per heavy atom. The van der Waals surface area contributed by atoms with Gasteiger partial charge in [0.15, 0.2) is 17.5 Å². The molecule has 3 heterocycles. The number of benzene rings is 1. The average Bonchev–Trinajstić information content (AvgIpc) is 3.54. The number of hydrogen-bond donors (Lipinski definition) is 0. The van der Waals surface area contributed by atoms with Crippen LogP contribution in [0.15, 0.2) is 84.7 Å². The first-order valence-electron chi connectivity index (χ1n) is 12.9. The molecule has 3 aliphatic rings. The van der Waals surface area contributed by atoms with Gasteiger partial charge < -0.3 is 0 Å². The zero-order valence-electron chi connectivity index (χ0n) is 20.4. The first-order chi connectivity index (χ1) is 17.7. The second-order valence-corrected chi connectivity index (χ2v) is 10.2. The van der Waals surface area contributed by atoms with Crippen molar-refractivity contribution < 1.29 is 0 Å². The highest BCUT2D eigenvalue weighted by Crippen LogP contribution is 2.58. The molecule has 1 aromatic carbocycles. The van der Waals surface area contributed by atoms with Crippen molar-refractivity contribution in [1.29, 1.82) is 0 Å². The van der Waals surface area contributed by atoms with Crippen LogP contribution in [0.25, 0.3) is 40.0 Å². The molecule has 5 heteroatoms. The molecule has 3 aliphatic carbocycles. The van der Waals surface area contributed by atoms with Gasteiger partial charge in [0, 0.05) is 23.4 Å². The number of rotatable bonds is 3. The smallest absolute Gasteiger partial charge is 0.182 e. The van der Waals surface area contributed by atoms with Crippen molar-refractivity contribution in [2.75, 3.05) is 0 Å². The lowest BCUT2D eigenvalue weighted by atomic mass is 9.72. The molecule has 3 aromatic heterocycles. The SMILES string of the molecule is CC1C=CC2=C(C1)C1(CCCC1)c1cc(-c3nc(-c4ccccn4)nc(-c4ccccn4)n3)ccc12. The lowest BCUT2D eigenvalue weighted by molar-refractivity contribution is 0.493. The van der Waals surface area contributed by atoms with Crippen LogP contribution in [0, 0.1) is 5.92 Å². The van der Waals surface area contributed by atoms with E-state index in [0.717, 1.165) is 23.4 Å². The first-order valence-corrected chi connectivity index (χ1v) is 12.9. The minimum Gasteiger partial charge on any atom is -0.253 e. The van der Waals surface area contributed by atoms with Crippen molar-refractivity contribution in [1.82, 2.24) is 24.9 Å². The molecule has 0 saturated heterocycles. The molecule has 1 spiro atoms. The number of nitrogens with zero attached hydrogens (tertiary/aromatic N) is 5. The number of pyridine rings is 2. The van der Waals surface area contributed by atoms with Crippen LogP contribution in [-0.4, -0.2) is 24.9 Å². The lowest BCUT2D eigenvalue weighted by Crippen LogP contribution is -2.24. The molecule has 36 heavy (non-hydrogen) atoms. The zero-order valence-corrected chi connectivity index (χ0v) is 20.4. The summed E-state index contributed by atoms with van der Waals surface area (Å²) in [6.45, 7) is 2.33. The molecule has 1 atom stereocenters. The normalized spacial score (nSPS) is 19.5. The summed E-state index contributed by atoms with van der Waals surface area (Å²) in [5.74, 6) is 2.38. The van der Waals surface area contributed by atoms with Crippen LogP contribution in [0.4, 0.5) is 0 Å². The second-order valence-electron chi connectivity index (χ2n) is 10.2. The van der Waals surface area contributed by atoms with E-state index in [2.05, 4.69) is 47.2 Å². The van der Waals surface area contributed by atoms with Gasteiger partial charge in [0.25, 0.3) is 0 Å².